The van der Waals surface area contributed by atoms with E-state index in [0.29, 0.717) is 5.30 Å². The third-order valence-corrected chi connectivity index (χ3v) is 5.17. The van der Waals surface area contributed by atoms with E-state index >= 15 is 0 Å². The average Bonchev–Trinajstić information content (AvgIpc) is 2.36. The molecule has 112 valence electrons. The van der Waals surface area contributed by atoms with Crippen LogP contribution in [-0.2, 0) is 18.6 Å². The van der Waals surface area contributed by atoms with E-state index in [-0.39, 0.29) is 30.8 Å². The van der Waals surface area contributed by atoms with Crippen LogP contribution in [0.5, 0.6) is 0 Å². The molecule has 0 spiro atoms. The molecule has 0 amide bonds. The molecule has 1 aromatic carbocycles. The summed E-state index contributed by atoms with van der Waals surface area (Å²) >= 11 is 0. The van der Waals surface area contributed by atoms with Crippen LogP contribution in [0.15, 0.2) is 30.3 Å². The summed E-state index contributed by atoms with van der Waals surface area (Å²) in [5.74, 6) is -0.344. The highest BCUT2D eigenvalue weighted by Crippen LogP contribution is 2.47. The summed E-state index contributed by atoms with van der Waals surface area (Å²) in [6.07, 6.45) is -0.0653. The number of ether oxygens (including phenoxy) is 1. The van der Waals surface area contributed by atoms with Gasteiger partial charge in [-0.3, -0.25) is 9.36 Å². The Morgan fingerprint density at radius 1 is 1.10 bits per heavy atom. The van der Waals surface area contributed by atoms with E-state index in [1.165, 1.54) is 0 Å². The van der Waals surface area contributed by atoms with Gasteiger partial charge >= 0.3 is 5.97 Å². The third-order valence-electron chi connectivity index (χ3n) is 2.51. The number of rotatable bonds is 7. The highest BCUT2D eigenvalue weighted by Gasteiger charge is 2.28. The molecule has 5 heteroatoms. The van der Waals surface area contributed by atoms with Crippen molar-refractivity contribution in [2.45, 2.75) is 46.3 Å². The zero-order valence-electron chi connectivity index (χ0n) is 12.5. The maximum atomic E-state index is 13.0. The van der Waals surface area contributed by atoms with E-state index in [1.807, 2.05) is 32.0 Å². The second kappa shape index (κ2) is 7.61. The summed E-state index contributed by atoms with van der Waals surface area (Å²) in [5.41, 5.74) is 0. The molecule has 0 N–H and O–H groups in total. The second-order valence-corrected chi connectivity index (χ2v) is 7.70. The second-order valence-electron chi connectivity index (χ2n) is 5.18. The van der Waals surface area contributed by atoms with Crippen LogP contribution in [0, 0.1) is 0 Å². The fourth-order valence-electron chi connectivity index (χ4n) is 1.80. The monoisotopic (exact) mass is 298 g/mol. The predicted molar refractivity (Wildman–Crippen MR) is 80.6 cm³/mol. The molecular formula is C15H23O4P. The van der Waals surface area contributed by atoms with Crippen LogP contribution in [0.3, 0.4) is 0 Å². The van der Waals surface area contributed by atoms with Crippen molar-refractivity contribution in [3.8, 4) is 0 Å². The number of carbonyl (C=O) groups is 1. The Morgan fingerprint density at radius 3 is 2.20 bits per heavy atom. The lowest BCUT2D eigenvalue weighted by Gasteiger charge is -2.21. The smallest absolute Gasteiger partial charge is 0.306 e. The Morgan fingerprint density at radius 2 is 1.70 bits per heavy atom. The Balaban J connectivity index is 2.80. The SMILES string of the molecule is CC(C)OC(=O)CCP(=O)(OC(C)C)c1ccccc1. The largest absolute Gasteiger partial charge is 0.463 e. The van der Waals surface area contributed by atoms with Crippen molar-refractivity contribution < 1.29 is 18.6 Å². The van der Waals surface area contributed by atoms with Crippen LogP contribution in [0.25, 0.3) is 0 Å². The van der Waals surface area contributed by atoms with Crippen molar-refractivity contribution in [2.24, 2.45) is 0 Å². The van der Waals surface area contributed by atoms with Crippen LogP contribution >= 0.6 is 7.37 Å². The highest BCUT2D eigenvalue weighted by molar-refractivity contribution is 7.67. The molecule has 1 aromatic rings. The molecule has 0 saturated heterocycles. The van der Waals surface area contributed by atoms with Gasteiger partial charge in [-0.05, 0) is 39.8 Å². The summed E-state index contributed by atoms with van der Waals surface area (Å²) in [4.78, 5) is 11.6. The summed E-state index contributed by atoms with van der Waals surface area (Å²) in [7, 11) is -3.03. The number of hydrogen-bond acceptors (Lipinski definition) is 4. The number of hydrogen-bond donors (Lipinski definition) is 0. The van der Waals surface area contributed by atoms with E-state index in [2.05, 4.69) is 0 Å². The third kappa shape index (κ3) is 5.48. The molecule has 0 aliphatic carbocycles. The van der Waals surface area contributed by atoms with Gasteiger partial charge in [0.25, 0.3) is 0 Å². The van der Waals surface area contributed by atoms with Crippen molar-refractivity contribution in [1.82, 2.24) is 0 Å². The Bertz CT molecular complexity index is 468. The molecule has 0 saturated carbocycles. The van der Waals surface area contributed by atoms with E-state index in [1.54, 1.807) is 26.0 Å². The van der Waals surface area contributed by atoms with Gasteiger partial charge in [0, 0.05) is 11.5 Å². The van der Waals surface area contributed by atoms with Crippen molar-refractivity contribution >= 4 is 18.6 Å². The van der Waals surface area contributed by atoms with Crippen LogP contribution in [0.4, 0.5) is 0 Å². The fraction of sp³-hybridized carbons (Fsp3) is 0.533. The minimum atomic E-state index is -3.03. The fourth-order valence-corrected chi connectivity index (χ4v) is 4.07. The zero-order chi connectivity index (χ0) is 15.2. The number of benzene rings is 1. The summed E-state index contributed by atoms with van der Waals surface area (Å²) in [6, 6.07) is 9.04. The van der Waals surface area contributed by atoms with Crippen LogP contribution in [0.2, 0.25) is 0 Å². The minimum absolute atomic E-state index is 0.0943. The molecule has 4 nitrogen and oxygen atoms in total. The molecule has 0 aliphatic heterocycles. The maximum absolute atomic E-state index is 13.0. The Labute approximate surface area is 120 Å². The lowest BCUT2D eigenvalue weighted by atomic mass is 10.4. The number of esters is 1. The van der Waals surface area contributed by atoms with Crippen molar-refractivity contribution in [3.05, 3.63) is 30.3 Å². The van der Waals surface area contributed by atoms with Crippen molar-refractivity contribution in [1.29, 1.82) is 0 Å². The summed E-state index contributed by atoms with van der Waals surface area (Å²) < 4.78 is 23.7. The molecule has 1 unspecified atom stereocenters. The van der Waals surface area contributed by atoms with Gasteiger partial charge in [-0.1, -0.05) is 18.2 Å². The quantitative estimate of drug-likeness (QED) is 0.572. The molecule has 0 aliphatic rings. The molecule has 0 bridgehead atoms. The lowest BCUT2D eigenvalue weighted by Crippen LogP contribution is -2.18. The van der Waals surface area contributed by atoms with Crippen LogP contribution < -0.4 is 5.30 Å². The first-order chi connectivity index (χ1) is 9.33. The van der Waals surface area contributed by atoms with Gasteiger partial charge in [-0.25, -0.2) is 0 Å². The van der Waals surface area contributed by atoms with Crippen molar-refractivity contribution in [3.63, 3.8) is 0 Å². The molecule has 0 aromatic heterocycles. The standard InChI is InChI=1S/C15H23O4P/c1-12(2)18-15(16)10-11-20(17,19-13(3)4)14-8-6-5-7-9-14/h5-9,12-13H,10-11H2,1-4H3. The maximum Gasteiger partial charge on any atom is 0.306 e. The van der Waals surface area contributed by atoms with Gasteiger partial charge in [0.15, 0.2) is 0 Å². The normalized spacial score (nSPS) is 14.3. The van der Waals surface area contributed by atoms with E-state index in [0.717, 1.165) is 0 Å². The van der Waals surface area contributed by atoms with Gasteiger partial charge in [-0.2, -0.15) is 0 Å². The van der Waals surface area contributed by atoms with Gasteiger partial charge in [-0.15, -0.1) is 0 Å². The molecular weight excluding hydrogens is 275 g/mol. The first kappa shape index (κ1) is 16.9. The molecule has 1 rings (SSSR count). The Hall–Kier alpha value is -1.12. The average molecular weight is 298 g/mol. The van der Waals surface area contributed by atoms with Gasteiger partial charge < -0.3 is 9.26 Å². The molecule has 0 radical (unpaired) electrons. The molecule has 0 heterocycles. The summed E-state index contributed by atoms with van der Waals surface area (Å²) in [5, 5.41) is 0.644. The van der Waals surface area contributed by atoms with Crippen molar-refractivity contribution in [2.75, 3.05) is 6.16 Å². The van der Waals surface area contributed by atoms with Crippen LogP contribution in [0.1, 0.15) is 34.1 Å². The van der Waals surface area contributed by atoms with Gasteiger partial charge in [0.2, 0.25) is 7.37 Å². The predicted octanol–water partition coefficient (Wildman–Crippen LogP) is 3.36. The summed E-state index contributed by atoms with van der Waals surface area (Å²) in [6.45, 7) is 7.25. The topological polar surface area (TPSA) is 52.6 Å². The van der Waals surface area contributed by atoms with E-state index in [9.17, 15) is 9.36 Å². The minimum Gasteiger partial charge on any atom is -0.463 e. The Kier molecular flexibility index (Phi) is 6.44. The first-order valence-corrected chi connectivity index (χ1v) is 8.67. The van der Waals surface area contributed by atoms with E-state index < -0.39 is 7.37 Å². The number of carbonyl (C=O) groups excluding carboxylic acids is 1. The van der Waals surface area contributed by atoms with Gasteiger partial charge in [0.1, 0.15) is 0 Å². The molecule has 20 heavy (non-hydrogen) atoms. The molecule has 1 atom stereocenters. The van der Waals surface area contributed by atoms with Crippen LogP contribution in [-0.4, -0.2) is 24.3 Å². The zero-order valence-corrected chi connectivity index (χ0v) is 13.4. The van der Waals surface area contributed by atoms with Gasteiger partial charge in [0.05, 0.1) is 18.6 Å². The molecule has 0 fully saturated rings. The van der Waals surface area contributed by atoms with E-state index in [4.69, 9.17) is 9.26 Å². The highest BCUT2D eigenvalue weighted by atomic mass is 31.2. The lowest BCUT2D eigenvalue weighted by molar-refractivity contribution is -0.146. The first-order valence-electron chi connectivity index (χ1n) is 6.86.